The van der Waals surface area contributed by atoms with Crippen LogP contribution in [0.2, 0.25) is 0 Å². The first-order valence-electron chi connectivity index (χ1n) is 13.4. The van der Waals surface area contributed by atoms with Gasteiger partial charge in [-0.1, -0.05) is 47.5 Å². The number of benzene rings is 2. The normalized spacial score (nSPS) is 18.7. The first-order chi connectivity index (χ1) is 18.6. The second-order valence-electron chi connectivity index (χ2n) is 10.5. The highest BCUT2D eigenvalue weighted by Gasteiger charge is 2.53. The minimum absolute atomic E-state index is 0.00278. The van der Waals surface area contributed by atoms with Crippen molar-refractivity contribution in [3.63, 3.8) is 0 Å². The maximum absolute atomic E-state index is 13.9. The summed E-state index contributed by atoms with van der Waals surface area (Å²) in [5.74, 6) is 0.274. The summed E-state index contributed by atoms with van der Waals surface area (Å²) in [7, 11) is 0. The summed E-state index contributed by atoms with van der Waals surface area (Å²) >= 11 is 3.62. The van der Waals surface area contributed by atoms with Crippen LogP contribution >= 0.6 is 15.9 Å². The van der Waals surface area contributed by atoms with E-state index in [0.717, 1.165) is 22.9 Å². The topological polar surface area (TPSA) is 106 Å². The first kappa shape index (κ1) is 30.6. The number of rotatable bonds is 13. The van der Waals surface area contributed by atoms with E-state index in [1.54, 1.807) is 12.1 Å². The molecule has 1 amide bonds. The van der Waals surface area contributed by atoms with Gasteiger partial charge in [-0.25, -0.2) is 4.99 Å². The van der Waals surface area contributed by atoms with Gasteiger partial charge in [-0.05, 0) is 63.9 Å². The molecule has 0 radical (unpaired) electrons. The number of carbonyl (C=O) groups is 2. The first-order valence-corrected chi connectivity index (χ1v) is 14.2. The fourth-order valence-electron chi connectivity index (χ4n) is 4.25. The maximum Gasteiger partial charge on any atom is 0.306 e. The van der Waals surface area contributed by atoms with Crippen LogP contribution in [0.15, 0.2) is 58.0 Å². The molecule has 0 spiro atoms. The third-order valence-corrected chi connectivity index (χ3v) is 6.89. The van der Waals surface area contributed by atoms with Gasteiger partial charge >= 0.3 is 5.97 Å². The van der Waals surface area contributed by atoms with Gasteiger partial charge in [0.05, 0.1) is 6.61 Å². The molecule has 8 nitrogen and oxygen atoms in total. The molecule has 2 aromatic rings. The second-order valence-corrected chi connectivity index (χ2v) is 11.4. The zero-order chi connectivity index (χ0) is 28.5. The largest absolute Gasteiger partial charge is 0.494 e. The van der Waals surface area contributed by atoms with E-state index in [1.807, 2.05) is 57.2 Å². The van der Waals surface area contributed by atoms with E-state index in [0.29, 0.717) is 36.8 Å². The van der Waals surface area contributed by atoms with Crippen LogP contribution in [-0.4, -0.2) is 53.8 Å². The summed E-state index contributed by atoms with van der Waals surface area (Å²) in [4.78, 5) is 31.6. The van der Waals surface area contributed by atoms with Crippen LogP contribution in [0.4, 0.5) is 0 Å². The minimum atomic E-state index is -1.39. The average molecular weight is 604 g/mol. The summed E-state index contributed by atoms with van der Waals surface area (Å²) < 4.78 is 18.4. The van der Waals surface area contributed by atoms with E-state index in [2.05, 4.69) is 28.2 Å². The van der Waals surface area contributed by atoms with Crippen LogP contribution in [0.5, 0.6) is 5.75 Å². The van der Waals surface area contributed by atoms with Crippen molar-refractivity contribution in [3.05, 3.63) is 64.1 Å². The minimum Gasteiger partial charge on any atom is -0.494 e. The molecule has 0 saturated heterocycles. The number of esters is 1. The van der Waals surface area contributed by atoms with Crippen molar-refractivity contribution in [1.82, 2.24) is 5.32 Å². The van der Waals surface area contributed by atoms with Gasteiger partial charge < -0.3 is 24.6 Å². The number of nitrogens with one attached hydrogen (secondary N) is 1. The Balaban J connectivity index is 2.01. The maximum atomic E-state index is 13.9. The number of hydrogen-bond acceptors (Lipinski definition) is 7. The molecule has 0 unspecified atom stereocenters. The molecule has 0 aliphatic carbocycles. The zero-order valence-corrected chi connectivity index (χ0v) is 24.8. The predicted molar refractivity (Wildman–Crippen MR) is 154 cm³/mol. The van der Waals surface area contributed by atoms with Gasteiger partial charge in [0.25, 0.3) is 5.91 Å². The number of ether oxygens (including phenoxy) is 3. The van der Waals surface area contributed by atoms with E-state index >= 15 is 0 Å². The summed E-state index contributed by atoms with van der Waals surface area (Å²) in [6.45, 7) is 8.46. The van der Waals surface area contributed by atoms with Gasteiger partial charge in [-0.2, -0.15) is 0 Å². The van der Waals surface area contributed by atoms with Gasteiger partial charge in [-0.3, -0.25) is 9.59 Å². The molecule has 212 valence electrons. The van der Waals surface area contributed by atoms with Crippen molar-refractivity contribution in [2.75, 3.05) is 19.8 Å². The SMILES string of the molecule is CCCCNC(=O)[C@]1(CCC(=O)OC(C)(C)C)N=C(c2ccc(OCCCO)cc2)O[C@@H]1c1ccccc1Br. The molecule has 0 bridgehead atoms. The highest BCUT2D eigenvalue weighted by molar-refractivity contribution is 9.10. The molecule has 1 heterocycles. The Morgan fingerprint density at radius 3 is 2.49 bits per heavy atom. The lowest BCUT2D eigenvalue weighted by Crippen LogP contribution is -2.49. The monoisotopic (exact) mass is 602 g/mol. The fraction of sp³-hybridized carbons (Fsp3) is 0.500. The molecule has 1 aliphatic heterocycles. The molecule has 0 saturated carbocycles. The molecule has 0 aromatic heterocycles. The predicted octanol–water partition coefficient (Wildman–Crippen LogP) is 5.51. The van der Waals surface area contributed by atoms with E-state index < -0.39 is 23.2 Å². The summed E-state index contributed by atoms with van der Waals surface area (Å²) in [5.41, 5.74) is -0.589. The van der Waals surface area contributed by atoms with E-state index in [9.17, 15) is 9.59 Å². The zero-order valence-electron chi connectivity index (χ0n) is 23.2. The van der Waals surface area contributed by atoms with Gasteiger partial charge in [0, 0.05) is 41.6 Å². The Bertz CT molecular complexity index is 1140. The van der Waals surface area contributed by atoms with Crippen LogP contribution in [0.25, 0.3) is 0 Å². The van der Waals surface area contributed by atoms with Crippen molar-refractivity contribution in [2.24, 2.45) is 4.99 Å². The lowest BCUT2D eigenvalue weighted by molar-refractivity contribution is -0.155. The molecule has 2 N–H and O–H groups in total. The summed E-state index contributed by atoms with van der Waals surface area (Å²) in [6.07, 6.45) is 1.62. The van der Waals surface area contributed by atoms with Crippen LogP contribution in [0.1, 0.15) is 77.0 Å². The molecular formula is C30H39BrN2O6. The van der Waals surface area contributed by atoms with Crippen LogP contribution in [-0.2, 0) is 19.1 Å². The van der Waals surface area contributed by atoms with E-state index in [1.165, 1.54) is 0 Å². The van der Waals surface area contributed by atoms with Gasteiger partial charge in [0.1, 0.15) is 11.4 Å². The van der Waals surface area contributed by atoms with Crippen molar-refractivity contribution in [3.8, 4) is 5.75 Å². The third-order valence-electron chi connectivity index (χ3n) is 6.16. The lowest BCUT2D eigenvalue weighted by atomic mass is 9.83. The highest BCUT2D eigenvalue weighted by atomic mass is 79.9. The number of hydrogen-bond donors (Lipinski definition) is 2. The molecular weight excluding hydrogens is 564 g/mol. The smallest absolute Gasteiger partial charge is 0.306 e. The Morgan fingerprint density at radius 1 is 1.13 bits per heavy atom. The van der Waals surface area contributed by atoms with Crippen molar-refractivity contribution >= 4 is 33.7 Å². The van der Waals surface area contributed by atoms with Crippen LogP contribution in [0.3, 0.4) is 0 Å². The Kier molecular flexibility index (Phi) is 10.9. The molecule has 9 heteroatoms. The third kappa shape index (κ3) is 8.29. The van der Waals surface area contributed by atoms with Gasteiger partial charge in [-0.15, -0.1) is 0 Å². The fourth-order valence-corrected chi connectivity index (χ4v) is 4.74. The quantitative estimate of drug-likeness (QED) is 0.231. The Hall–Kier alpha value is -2.91. The van der Waals surface area contributed by atoms with Crippen LogP contribution < -0.4 is 10.1 Å². The molecule has 3 rings (SSSR count). The van der Waals surface area contributed by atoms with Crippen molar-refractivity contribution in [2.45, 2.75) is 77.0 Å². The number of nitrogens with zero attached hydrogens (tertiary/aromatic N) is 1. The van der Waals surface area contributed by atoms with Crippen molar-refractivity contribution in [1.29, 1.82) is 0 Å². The second kappa shape index (κ2) is 13.9. The molecule has 0 fully saturated rings. The number of carbonyl (C=O) groups excluding carboxylic acids is 2. The number of halogens is 1. The average Bonchev–Trinajstić information content (AvgIpc) is 3.28. The molecule has 39 heavy (non-hydrogen) atoms. The number of aliphatic hydroxyl groups excluding tert-OH is 1. The van der Waals surface area contributed by atoms with Crippen molar-refractivity contribution < 1.29 is 28.9 Å². The molecule has 1 aliphatic rings. The van der Waals surface area contributed by atoms with Crippen LogP contribution in [0, 0.1) is 0 Å². The van der Waals surface area contributed by atoms with Gasteiger partial charge in [0.15, 0.2) is 11.6 Å². The Morgan fingerprint density at radius 2 is 1.85 bits per heavy atom. The van der Waals surface area contributed by atoms with Gasteiger partial charge in [0.2, 0.25) is 5.90 Å². The number of aliphatic imine (C=N–C) groups is 1. The number of amides is 1. The highest BCUT2D eigenvalue weighted by Crippen LogP contribution is 2.45. The van der Waals surface area contributed by atoms with E-state index in [4.69, 9.17) is 24.3 Å². The standard InChI is InChI=1S/C30H39BrN2O6/c1-5-6-18-32-28(36)30(17-16-25(35)39-29(2,3)4)26(23-10-7-8-11-24(23)31)38-27(33-30)21-12-14-22(15-13-21)37-20-9-19-34/h7-8,10-15,26,34H,5-6,9,16-20H2,1-4H3,(H,32,36)/t26-,30-/m1/s1. The lowest BCUT2D eigenvalue weighted by Gasteiger charge is -2.31. The summed E-state index contributed by atoms with van der Waals surface area (Å²) in [5, 5.41) is 12.0. The number of unbranched alkanes of at least 4 members (excludes halogenated alkanes) is 1. The molecule has 2 atom stereocenters. The molecule has 2 aromatic carbocycles. The number of aliphatic hydroxyl groups is 1. The summed E-state index contributed by atoms with van der Waals surface area (Å²) in [6, 6.07) is 14.8. The van der Waals surface area contributed by atoms with E-state index in [-0.39, 0.29) is 25.4 Å². The Labute approximate surface area is 239 Å².